The summed E-state index contributed by atoms with van der Waals surface area (Å²) in [6.45, 7) is 0. The largest absolute Gasteiger partial charge is 0.379 e. The predicted molar refractivity (Wildman–Crippen MR) is 90.6 cm³/mol. The maximum Gasteiger partial charge on any atom is 0.292 e. The molecule has 0 saturated heterocycles. The molecule has 0 saturated carbocycles. The van der Waals surface area contributed by atoms with Gasteiger partial charge in [-0.2, -0.15) is 9.78 Å². The second-order valence-electron chi connectivity index (χ2n) is 4.97. The standard InChI is InChI=1S/C15H12Cl3N3O/c16-9-5-6-13(11(17)7-9)21-15(22)14(18)12(8-19-21)20-10-3-1-2-4-10/h1-2,5-8,10,20H,3-4H2. The number of rotatable bonds is 3. The van der Waals surface area contributed by atoms with Gasteiger partial charge >= 0.3 is 0 Å². The number of anilines is 1. The second-order valence-corrected chi connectivity index (χ2v) is 6.19. The highest BCUT2D eigenvalue weighted by Gasteiger charge is 2.16. The maximum atomic E-state index is 12.4. The lowest BCUT2D eigenvalue weighted by Crippen LogP contribution is -2.25. The fourth-order valence-electron chi connectivity index (χ4n) is 2.31. The van der Waals surface area contributed by atoms with Crippen LogP contribution in [0.15, 0.2) is 41.3 Å². The van der Waals surface area contributed by atoms with Crippen molar-refractivity contribution in [3.05, 3.63) is 62.0 Å². The van der Waals surface area contributed by atoms with E-state index in [-0.39, 0.29) is 11.1 Å². The van der Waals surface area contributed by atoms with E-state index >= 15 is 0 Å². The molecule has 0 radical (unpaired) electrons. The van der Waals surface area contributed by atoms with Crippen molar-refractivity contribution in [1.29, 1.82) is 0 Å². The average Bonchev–Trinajstić information content (AvgIpc) is 2.98. The van der Waals surface area contributed by atoms with Crippen LogP contribution >= 0.6 is 34.8 Å². The van der Waals surface area contributed by atoms with Crippen molar-refractivity contribution in [2.45, 2.75) is 18.9 Å². The molecule has 0 spiro atoms. The SMILES string of the molecule is O=c1c(Cl)c(NC2CC=CC2)cnn1-c1ccc(Cl)cc1Cl. The highest BCUT2D eigenvalue weighted by Crippen LogP contribution is 2.25. The first-order valence-electron chi connectivity index (χ1n) is 6.71. The molecule has 114 valence electrons. The summed E-state index contributed by atoms with van der Waals surface area (Å²) in [6, 6.07) is 5.06. The van der Waals surface area contributed by atoms with Gasteiger partial charge in [0.2, 0.25) is 0 Å². The summed E-state index contributed by atoms with van der Waals surface area (Å²) in [5.41, 5.74) is 0.538. The van der Waals surface area contributed by atoms with Crippen LogP contribution in [0.25, 0.3) is 5.69 Å². The first kappa shape index (κ1) is 15.4. The summed E-state index contributed by atoms with van der Waals surface area (Å²) in [4.78, 5) is 12.4. The van der Waals surface area contributed by atoms with Crippen molar-refractivity contribution < 1.29 is 0 Å². The van der Waals surface area contributed by atoms with Gasteiger partial charge in [0.25, 0.3) is 5.56 Å². The molecule has 1 heterocycles. The Kier molecular flexibility index (Phi) is 4.43. The summed E-state index contributed by atoms with van der Waals surface area (Å²) < 4.78 is 1.17. The van der Waals surface area contributed by atoms with E-state index in [1.165, 1.54) is 10.9 Å². The molecule has 4 nitrogen and oxygen atoms in total. The van der Waals surface area contributed by atoms with Gasteiger partial charge in [0.15, 0.2) is 0 Å². The molecule has 0 amide bonds. The Morgan fingerprint density at radius 2 is 1.91 bits per heavy atom. The lowest BCUT2D eigenvalue weighted by molar-refractivity contribution is 0.770. The molecule has 1 aromatic heterocycles. The second kappa shape index (κ2) is 6.32. The van der Waals surface area contributed by atoms with Gasteiger partial charge in [-0.05, 0) is 31.0 Å². The summed E-state index contributed by atoms with van der Waals surface area (Å²) in [5.74, 6) is 0. The van der Waals surface area contributed by atoms with E-state index in [1.807, 2.05) is 0 Å². The molecule has 0 bridgehead atoms. The molecule has 2 aromatic rings. The molecular formula is C15H12Cl3N3O. The Labute approximate surface area is 142 Å². The van der Waals surface area contributed by atoms with Crippen LogP contribution in [-0.4, -0.2) is 15.8 Å². The van der Waals surface area contributed by atoms with E-state index in [9.17, 15) is 4.79 Å². The molecule has 1 aromatic carbocycles. The quantitative estimate of drug-likeness (QED) is 0.833. The van der Waals surface area contributed by atoms with Crippen LogP contribution in [0.1, 0.15) is 12.8 Å². The average molecular weight is 357 g/mol. The van der Waals surface area contributed by atoms with Crippen LogP contribution in [0.5, 0.6) is 0 Å². The summed E-state index contributed by atoms with van der Waals surface area (Å²) in [6.07, 6.45) is 7.53. The molecule has 0 fully saturated rings. The fourth-order valence-corrected chi connectivity index (χ4v) is 2.98. The summed E-state index contributed by atoms with van der Waals surface area (Å²) in [5, 5.41) is 8.29. The minimum absolute atomic E-state index is 0.0907. The van der Waals surface area contributed by atoms with Crippen LogP contribution in [0.4, 0.5) is 5.69 Å². The monoisotopic (exact) mass is 355 g/mol. The lowest BCUT2D eigenvalue weighted by Gasteiger charge is -2.15. The minimum Gasteiger partial charge on any atom is -0.379 e. The van der Waals surface area contributed by atoms with Gasteiger partial charge in [-0.15, -0.1) is 0 Å². The van der Waals surface area contributed by atoms with Gasteiger partial charge in [0.05, 0.1) is 22.6 Å². The number of aromatic nitrogens is 2. The van der Waals surface area contributed by atoms with Crippen molar-refractivity contribution in [2.75, 3.05) is 5.32 Å². The normalized spacial score (nSPS) is 14.5. The van der Waals surface area contributed by atoms with E-state index in [2.05, 4.69) is 22.6 Å². The van der Waals surface area contributed by atoms with E-state index in [0.717, 1.165) is 12.8 Å². The van der Waals surface area contributed by atoms with Gasteiger partial charge in [0, 0.05) is 11.1 Å². The highest BCUT2D eigenvalue weighted by molar-refractivity contribution is 6.36. The van der Waals surface area contributed by atoms with E-state index in [1.54, 1.807) is 18.2 Å². The van der Waals surface area contributed by atoms with Crippen LogP contribution in [0.2, 0.25) is 15.1 Å². The minimum atomic E-state index is -0.429. The van der Waals surface area contributed by atoms with Gasteiger partial charge in [-0.1, -0.05) is 47.0 Å². The third-order valence-corrected chi connectivity index (χ3v) is 4.33. The zero-order chi connectivity index (χ0) is 15.7. The molecule has 7 heteroatoms. The van der Waals surface area contributed by atoms with Gasteiger partial charge in [-0.3, -0.25) is 4.79 Å². The Morgan fingerprint density at radius 3 is 2.59 bits per heavy atom. The summed E-state index contributed by atoms with van der Waals surface area (Å²) in [7, 11) is 0. The third-order valence-electron chi connectivity index (χ3n) is 3.42. The number of halogens is 3. The number of nitrogens with zero attached hydrogens (tertiary/aromatic N) is 2. The van der Waals surface area contributed by atoms with E-state index in [4.69, 9.17) is 34.8 Å². The Hall–Kier alpha value is -1.49. The van der Waals surface area contributed by atoms with Gasteiger partial charge in [0.1, 0.15) is 5.02 Å². The highest BCUT2D eigenvalue weighted by atomic mass is 35.5. The molecule has 0 aliphatic heterocycles. The predicted octanol–water partition coefficient (Wildman–Crippen LogP) is 4.32. The van der Waals surface area contributed by atoms with Crippen molar-refractivity contribution in [3.8, 4) is 5.69 Å². The van der Waals surface area contributed by atoms with Crippen molar-refractivity contribution >= 4 is 40.5 Å². The zero-order valence-corrected chi connectivity index (χ0v) is 13.7. The molecule has 3 rings (SSSR count). The Morgan fingerprint density at radius 1 is 1.18 bits per heavy atom. The maximum absolute atomic E-state index is 12.4. The topological polar surface area (TPSA) is 46.9 Å². The first-order chi connectivity index (χ1) is 10.6. The van der Waals surface area contributed by atoms with E-state index < -0.39 is 5.56 Å². The van der Waals surface area contributed by atoms with Crippen LogP contribution in [0, 0.1) is 0 Å². The van der Waals surface area contributed by atoms with Crippen molar-refractivity contribution in [3.63, 3.8) is 0 Å². The summed E-state index contributed by atoms with van der Waals surface area (Å²) >= 11 is 18.2. The third kappa shape index (κ3) is 3.00. The molecule has 0 atom stereocenters. The Balaban J connectivity index is 1.97. The molecule has 22 heavy (non-hydrogen) atoms. The smallest absolute Gasteiger partial charge is 0.292 e. The fraction of sp³-hybridized carbons (Fsp3) is 0.200. The number of hydrogen-bond donors (Lipinski definition) is 1. The zero-order valence-electron chi connectivity index (χ0n) is 11.4. The number of benzene rings is 1. The molecule has 0 unspecified atom stereocenters. The number of hydrogen-bond acceptors (Lipinski definition) is 3. The van der Waals surface area contributed by atoms with Crippen LogP contribution in [0.3, 0.4) is 0 Å². The molecular weight excluding hydrogens is 345 g/mol. The first-order valence-corrected chi connectivity index (χ1v) is 7.84. The van der Waals surface area contributed by atoms with E-state index in [0.29, 0.717) is 21.4 Å². The van der Waals surface area contributed by atoms with Crippen LogP contribution in [-0.2, 0) is 0 Å². The number of nitrogens with one attached hydrogen (secondary N) is 1. The van der Waals surface area contributed by atoms with Gasteiger partial charge < -0.3 is 5.32 Å². The Bertz CT molecular complexity index is 793. The van der Waals surface area contributed by atoms with Crippen molar-refractivity contribution in [1.82, 2.24) is 9.78 Å². The van der Waals surface area contributed by atoms with Gasteiger partial charge in [-0.25, -0.2) is 0 Å². The molecule has 1 aliphatic rings. The van der Waals surface area contributed by atoms with Crippen molar-refractivity contribution in [2.24, 2.45) is 0 Å². The lowest BCUT2D eigenvalue weighted by atomic mass is 10.2. The molecule has 1 N–H and O–H groups in total. The molecule has 1 aliphatic carbocycles. The van der Waals surface area contributed by atoms with Crippen LogP contribution < -0.4 is 10.9 Å².